The van der Waals surface area contributed by atoms with Crippen molar-refractivity contribution in [2.45, 2.75) is 13.0 Å². The van der Waals surface area contributed by atoms with E-state index in [-0.39, 0.29) is 19.0 Å². The quantitative estimate of drug-likeness (QED) is 0.485. The van der Waals surface area contributed by atoms with Gasteiger partial charge in [0.1, 0.15) is 11.9 Å². The zero-order valence-electron chi connectivity index (χ0n) is 19.2. The van der Waals surface area contributed by atoms with Crippen LogP contribution in [0, 0.1) is 12.4 Å². The predicted octanol–water partition coefficient (Wildman–Crippen LogP) is 3.36. The van der Waals surface area contributed by atoms with Crippen molar-refractivity contribution in [2.75, 3.05) is 54.4 Å². The molecule has 4 rings (SSSR count). The molecule has 9 nitrogen and oxygen atoms in total. The highest BCUT2D eigenvalue weighted by Gasteiger charge is 2.33. The molecule has 0 aromatic heterocycles. The third-order valence-electron chi connectivity index (χ3n) is 5.85. The van der Waals surface area contributed by atoms with Crippen molar-refractivity contribution >= 4 is 52.1 Å². The molecule has 2 aliphatic rings. The molecule has 2 fully saturated rings. The molecule has 2 aromatic carbocycles. The Bertz CT molecular complexity index is 1160. The lowest BCUT2D eigenvalue weighted by atomic mass is 10.2. The van der Waals surface area contributed by atoms with E-state index in [0.29, 0.717) is 48.4 Å². The summed E-state index contributed by atoms with van der Waals surface area (Å²) in [4.78, 5) is 32.0. The van der Waals surface area contributed by atoms with Gasteiger partial charge in [-0.3, -0.25) is 9.69 Å². The Hall–Kier alpha value is -3.91. The van der Waals surface area contributed by atoms with Crippen molar-refractivity contribution < 1.29 is 18.7 Å². The summed E-state index contributed by atoms with van der Waals surface area (Å²) in [6.07, 6.45) is -1.05. The Morgan fingerprint density at radius 1 is 1.20 bits per heavy atom. The number of thiocarbonyl (C=S) groups is 1. The number of carbonyl (C=O) groups excluding carboxylic acids is 2. The van der Waals surface area contributed by atoms with Gasteiger partial charge in [-0.25, -0.2) is 14.0 Å². The fraction of sp³-hybridized carbons (Fsp3) is 0.333. The molecule has 2 saturated heterocycles. The molecule has 0 bridgehead atoms. The SMILES string of the molecule is [C-]#[N+]c1ccc(NC(=S)N2CCN(c3ccc(N4C[C@H](CNC(C)=O)OC4=O)cc3F)CC2)cc1. The number of rotatable bonds is 5. The van der Waals surface area contributed by atoms with E-state index in [1.807, 2.05) is 21.9 Å². The van der Waals surface area contributed by atoms with Crippen molar-refractivity contribution in [3.8, 4) is 0 Å². The fourth-order valence-corrected chi connectivity index (χ4v) is 4.29. The summed E-state index contributed by atoms with van der Waals surface area (Å²) in [5, 5.41) is 6.38. The number of amides is 2. The van der Waals surface area contributed by atoms with Crippen molar-refractivity contribution in [1.29, 1.82) is 0 Å². The molecule has 2 N–H and O–H groups in total. The molecule has 0 aliphatic carbocycles. The predicted molar refractivity (Wildman–Crippen MR) is 135 cm³/mol. The van der Waals surface area contributed by atoms with Crippen molar-refractivity contribution in [3.63, 3.8) is 0 Å². The van der Waals surface area contributed by atoms with Gasteiger partial charge in [0.15, 0.2) is 10.8 Å². The topological polar surface area (TPSA) is 81.5 Å². The number of hydrogen-bond donors (Lipinski definition) is 2. The van der Waals surface area contributed by atoms with Crippen LogP contribution < -0.4 is 20.4 Å². The van der Waals surface area contributed by atoms with Crippen LogP contribution >= 0.6 is 12.2 Å². The van der Waals surface area contributed by atoms with Gasteiger partial charge < -0.3 is 25.2 Å². The van der Waals surface area contributed by atoms with Crippen molar-refractivity contribution in [3.05, 3.63) is 59.7 Å². The van der Waals surface area contributed by atoms with Crippen LogP contribution in [-0.4, -0.2) is 67.4 Å². The minimum absolute atomic E-state index is 0.207. The van der Waals surface area contributed by atoms with Crippen LogP contribution in [0.1, 0.15) is 6.92 Å². The van der Waals surface area contributed by atoms with E-state index < -0.39 is 18.0 Å². The van der Waals surface area contributed by atoms with Gasteiger partial charge in [0.2, 0.25) is 5.91 Å². The highest BCUT2D eigenvalue weighted by Crippen LogP contribution is 2.28. The maximum atomic E-state index is 15.0. The number of hydrogen-bond acceptors (Lipinski definition) is 5. The first-order valence-electron chi connectivity index (χ1n) is 11.1. The van der Waals surface area contributed by atoms with Gasteiger partial charge in [-0.15, -0.1) is 0 Å². The average Bonchev–Trinajstić information content (AvgIpc) is 3.23. The monoisotopic (exact) mass is 496 g/mol. The first-order valence-corrected chi connectivity index (χ1v) is 11.6. The average molecular weight is 497 g/mol. The Morgan fingerprint density at radius 2 is 1.91 bits per heavy atom. The number of carbonyl (C=O) groups is 2. The summed E-state index contributed by atoms with van der Waals surface area (Å²) in [5.41, 5.74) is 2.25. The number of cyclic esters (lactones) is 1. The number of halogens is 1. The molecule has 0 unspecified atom stereocenters. The summed E-state index contributed by atoms with van der Waals surface area (Å²) in [5.74, 6) is -0.628. The molecule has 0 spiro atoms. The van der Waals surface area contributed by atoms with Crippen molar-refractivity contribution in [2.24, 2.45) is 0 Å². The van der Waals surface area contributed by atoms with Gasteiger partial charge in [-0.05, 0) is 42.5 Å². The Kier molecular flexibility index (Phi) is 7.31. The zero-order valence-corrected chi connectivity index (χ0v) is 20.0. The lowest BCUT2D eigenvalue weighted by Crippen LogP contribution is -2.50. The molecule has 2 aliphatic heterocycles. The Morgan fingerprint density at radius 3 is 2.54 bits per heavy atom. The summed E-state index contributed by atoms with van der Waals surface area (Å²) < 4.78 is 20.3. The molecule has 0 radical (unpaired) electrons. The van der Waals surface area contributed by atoms with E-state index in [2.05, 4.69) is 15.5 Å². The van der Waals surface area contributed by atoms with Crippen LogP contribution in [0.2, 0.25) is 0 Å². The third-order valence-corrected chi connectivity index (χ3v) is 6.21. The fourth-order valence-electron chi connectivity index (χ4n) is 3.99. The minimum atomic E-state index is -0.564. The first kappa shape index (κ1) is 24.2. The number of anilines is 3. The molecule has 1 atom stereocenters. The largest absolute Gasteiger partial charge is 0.442 e. The second-order valence-electron chi connectivity index (χ2n) is 8.25. The van der Waals surface area contributed by atoms with Gasteiger partial charge >= 0.3 is 6.09 Å². The van der Waals surface area contributed by atoms with Gasteiger partial charge in [-0.2, -0.15) is 0 Å². The number of nitrogens with one attached hydrogen (secondary N) is 2. The lowest BCUT2D eigenvalue weighted by molar-refractivity contribution is -0.119. The van der Waals surface area contributed by atoms with E-state index in [4.69, 9.17) is 23.5 Å². The molecule has 2 aromatic rings. The molecule has 35 heavy (non-hydrogen) atoms. The van der Waals surface area contributed by atoms with Gasteiger partial charge in [0, 0.05) is 38.8 Å². The second kappa shape index (κ2) is 10.6. The maximum absolute atomic E-state index is 15.0. The molecule has 2 heterocycles. The summed E-state index contributed by atoms with van der Waals surface area (Å²) in [6, 6.07) is 11.8. The van der Waals surface area contributed by atoms with Gasteiger partial charge in [0.25, 0.3) is 0 Å². The van der Waals surface area contributed by atoms with Crippen LogP contribution in [0.4, 0.5) is 31.9 Å². The normalized spacial score (nSPS) is 17.6. The maximum Gasteiger partial charge on any atom is 0.414 e. The van der Waals surface area contributed by atoms with Crippen LogP contribution in [-0.2, 0) is 9.53 Å². The summed E-state index contributed by atoms with van der Waals surface area (Å²) >= 11 is 5.52. The highest BCUT2D eigenvalue weighted by atomic mass is 32.1. The Balaban J connectivity index is 1.32. The smallest absolute Gasteiger partial charge is 0.414 e. The summed E-state index contributed by atoms with van der Waals surface area (Å²) in [7, 11) is 0. The van der Waals surface area contributed by atoms with E-state index in [0.717, 1.165) is 5.69 Å². The molecular formula is C24H25FN6O3S. The van der Waals surface area contributed by atoms with E-state index >= 15 is 4.39 Å². The summed E-state index contributed by atoms with van der Waals surface area (Å²) in [6.45, 7) is 11.3. The third kappa shape index (κ3) is 5.78. The van der Waals surface area contributed by atoms with Crippen molar-refractivity contribution in [1.82, 2.24) is 10.2 Å². The minimum Gasteiger partial charge on any atom is -0.442 e. The molecule has 0 saturated carbocycles. The molecule has 182 valence electrons. The lowest BCUT2D eigenvalue weighted by Gasteiger charge is -2.37. The molecule has 2 amide bonds. The number of nitrogens with zero attached hydrogens (tertiary/aromatic N) is 4. The van der Waals surface area contributed by atoms with Crippen LogP contribution in [0.3, 0.4) is 0 Å². The number of piperazine rings is 1. The zero-order chi connectivity index (χ0) is 24.9. The second-order valence-corrected chi connectivity index (χ2v) is 8.64. The first-order chi connectivity index (χ1) is 16.8. The highest BCUT2D eigenvalue weighted by molar-refractivity contribution is 7.80. The van der Waals surface area contributed by atoms with E-state index in [1.54, 1.807) is 24.3 Å². The standard InChI is InChI=1S/C24H25FN6O3S/c1-16(32)27-14-20-15-31(24(33)34-20)19-7-8-22(21(25)13-19)29-9-11-30(12-10-29)23(35)28-18-5-3-17(26-2)4-6-18/h3-8,13,20H,9-12,14-15H2,1H3,(H,27,32)(H,28,35)/t20-/m0/s1. The van der Waals surface area contributed by atoms with Crippen LogP contribution in [0.5, 0.6) is 0 Å². The van der Waals surface area contributed by atoms with E-state index in [1.165, 1.54) is 17.9 Å². The number of ether oxygens (including phenoxy) is 1. The van der Waals surface area contributed by atoms with Gasteiger partial charge in [0.05, 0.1) is 31.0 Å². The van der Waals surface area contributed by atoms with Crippen LogP contribution in [0.25, 0.3) is 4.85 Å². The van der Waals surface area contributed by atoms with Gasteiger partial charge in [-0.1, -0.05) is 12.1 Å². The number of benzene rings is 2. The molecular weight excluding hydrogens is 471 g/mol. The van der Waals surface area contributed by atoms with E-state index in [9.17, 15) is 9.59 Å². The molecule has 11 heteroatoms. The van der Waals surface area contributed by atoms with Crippen LogP contribution in [0.15, 0.2) is 42.5 Å². The Labute approximate surface area is 208 Å².